The lowest BCUT2D eigenvalue weighted by molar-refractivity contribution is 0.102. The van der Waals surface area contributed by atoms with E-state index in [0.29, 0.717) is 18.1 Å². The van der Waals surface area contributed by atoms with E-state index >= 15 is 0 Å². The minimum absolute atomic E-state index is 0.223. The molecule has 0 spiro atoms. The van der Waals surface area contributed by atoms with Crippen LogP contribution in [0.4, 0.5) is 11.6 Å². The summed E-state index contributed by atoms with van der Waals surface area (Å²) in [5.41, 5.74) is 4.78. The van der Waals surface area contributed by atoms with Gasteiger partial charge in [-0.25, -0.2) is 9.97 Å². The molecule has 26 heavy (non-hydrogen) atoms. The molecule has 0 aliphatic rings. The van der Waals surface area contributed by atoms with Gasteiger partial charge in [0.25, 0.3) is 5.91 Å². The highest BCUT2D eigenvalue weighted by molar-refractivity contribution is 6.03. The summed E-state index contributed by atoms with van der Waals surface area (Å²) >= 11 is 0. The quantitative estimate of drug-likeness (QED) is 0.701. The molecule has 3 rings (SSSR count). The highest BCUT2D eigenvalue weighted by Crippen LogP contribution is 2.12. The first kappa shape index (κ1) is 17.6. The zero-order valence-corrected chi connectivity index (χ0v) is 15.0. The van der Waals surface area contributed by atoms with Gasteiger partial charge in [-0.2, -0.15) is 0 Å². The summed E-state index contributed by atoms with van der Waals surface area (Å²) in [6, 6.07) is 16.0. The van der Waals surface area contributed by atoms with Crippen LogP contribution in [0.3, 0.4) is 0 Å². The average Bonchev–Trinajstić information content (AvgIpc) is 2.67. The molecule has 0 fully saturated rings. The van der Waals surface area contributed by atoms with Gasteiger partial charge in [0, 0.05) is 24.6 Å². The number of benzene rings is 2. The minimum Gasteiger partial charge on any atom is -0.350 e. The molecular weight excluding hydrogens is 324 g/mol. The van der Waals surface area contributed by atoms with E-state index in [4.69, 9.17) is 0 Å². The molecule has 2 N–H and O–H groups in total. The van der Waals surface area contributed by atoms with Crippen molar-refractivity contribution in [3.05, 3.63) is 83.2 Å². The number of nitrogens with one attached hydrogen (secondary N) is 2. The van der Waals surface area contributed by atoms with Crippen molar-refractivity contribution in [1.82, 2.24) is 9.97 Å². The smallest absolute Gasteiger partial charge is 0.258 e. The lowest BCUT2D eigenvalue weighted by Gasteiger charge is -2.08. The van der Waals surface area contributed by atoms with Gasteiger partial charge in [-0.1, -0.05) is 48.9 Å². The average molecular weight is 346 g/mol. The molecule has 0 saturated heterocycles. The van der Waals surface area contributed by atoms with E-state index in [1.807, 2.05) is 36.4 Å². The first-order chi connectivity index (χ1) is 12.6. The van der Waals surface area contributed by atoms with E-state index in [0.717, 1.165) is 17.7 Å². The number of aryl methyl sites for hydroxylation is 2. The lowest BCUT2D eigenvalue weighted by atomic mass is 10.1. The molecule has 1 heterocycles. The lowest BCUT2D eigenvalue weighted by Crippen LogP contribution is -2.13. The number of carbonyl (C=O) groups is 1. The van der Waals surface area contributed by atoms with E-state index in [2.05, 4.69) is 46.6 Å². The molecule has 0 saturated carbocycles. The van der Waals surface area contributed by atoms with Gasteiger partial charge in [0.1, 0.15) is 0 Å². The summed E-state index contributed by atoms with van der Waals surface area (Å²) in [6.45, 7) is 4.79. The van der Waals surface area contributed by atoms with Gasteiger partial charge in [-0.05, 0) is 36.6 Å². The van der Waals surface area contributed by atoms with Crippen LogP contribution >= 0.6 is 0 Å². The van der Waals surface area contributed by atoms with Crippen LogP contribution in [0.2, 0.25) is 0 Å². The SMILES string of the molecule is CCc1ccc(NC(=O)c2cnc(NCc3cccc(C)c3)nc2)cc1. The molecule has 1 amide bonds. The van der Waals surface area contributed by atoms with Crippen molar-refractivity contribution < 1.29 is 4.79 Å². The largest absolute Gasteiger partial charge is 0.350 e. The summed E-state index contributed by atoms with van der Waals surface area (Å²) in [6.07, 6.45) is 4.03. The highest BCUT2D eigenvalue weighted by Gasteiger charge is 2.08. The van der Waals surface area contributed by atoms with Crippen LogP contribution in [-0.4, -0.2) is 15.9 Å². The van der Waals surface area contributed by atoms with Crippen molar-refractivity contribution in [1.29, 1.82) is 0 Å². The second kappa shape index (κ2) is 8.25. The summed E-state index contributed by atoms with van der Waals surface area (Å²) < 4.78 is 0. The summed E-state index contributed by atoms with van der Waals surface area (Å²) in [7, 11) is 0. The second-order valence-corrected chi connectivity index (χ2v) is 6.14. The van der Waals surface area contributed by atoms with Crippen LogP contribution in [-0.2, 0) is 13.0 Å². The Labute approximate surface area is 153 Å². The van der Waals surface area contributed by atoms with Crippen LogP contribution in [0.15, 0.2) is 60.9 Å². The Morgan fingerprint density at radius 2 is 1.73 bits per heavy atom. The van der Waals surface area contributed by atoms with Crippen molar-refractivity contribution in [2.24, 2.45) is 0 Å². The number of hydrogen-bond acceptors (Lipinski definition) is 4. The monoisotopic (exact) mass is 346 g/mol. The van der Waals surface area contributed by atoms with Crippen LogP contribution in [0, 0.1) is 6.92 Å². The first-order valence-electron chi connectivity index (χ1n) is 8.66. The van der Waals surface area contributed by atoms with Gasteiger partial charge in [0.2, 0.25) is 5.95 Å². The van der Waals surface area contributed by atoms with Crippen molar-refractivity contribution in [2.45, 2.75) is 26.8 Å². The maximum Gasteiger partial charge on any atom is 0.258 e. The fourth-order valence-corrected chi connectivity index (χ4v) is 2.57. The Morgan fingerprint density at radius 3 is 2.38 bits per heavy atom. The number of hydrogen-bond donors (Lipinski definition) is 2. The summed E-state index contributed by atoms with van der Waals surface area (Å²) in [5.74, 6) is 0.273. The standard InChI is InChI=1S/C21H22N4O/c1-3-16-7-9-19(10-8-16)25-20(26)18-13-23-21(24-14-18)22-12-17-6-4-5-15(2)11-17/h4-11,13-14H,3,12H2,1-2H3,(H,25,26)(H,22,23,24). The van der Waals surface area contributed by atoms with E-state index in [-0.39, 0.29) is 5.91 Å². The van der Waals surface area contributed by atoms with E-state index in [1.54, 1.807) is 0 Å². The Kier molecular flexibility index (Phi) is 5.59. The minimum atomic E-state index is -0.223. The van der Waals surface area contributed by atoms with Gasteiger partial charge < -0.3 is 10.6 Å². The van der Waals surface area contributed by atoms with Crippen LogP contribution < -0.4 is 10.6 Å². The number of nitrogens with zero attached hydrogens (tertiary/aromatic N) is 2. The van der Waals surface area contributed by atoms with E-state index in [1.165, 1.54) is 23.5 Å². The molecule has 0 aliphatic carbocycles. The molecule has 3 aromatic rings. The maximum absolute atomic E-state index is 12.3. The topological polar surface area (TPSA) is 66.9 Å². The predicted molar refractivity (Wildman–Crippen MR) is 104 cm³/mol. The third-order valence-electron chi connectivity index (χ3n) is 4.07. The normalized spacial score (nSPS) is 10.4. The van der Waals surface area contributed by atoms with Gasteiger partial charge in [-0.3, -0.25) is 4.79 Å². The van der Waals surface area contributed by atoms with Crippen LogP contribution in [0.5, 0.6) is 0 Å². The Morgan fingerprint density at radius 1 is 1.00 bits per heavy atom. The number of amides is 1. The zero-order chi connectivity index (χ0) is 18.4. The zero-order valence-electron chi connectivity index (χ0n) is 15.0. The first-order valence-corrected chi connectivity index (χ1v) is 8.66. The number of rotatable bonds is 6. The van der Waals surface area contributed by atoms with Gasteiger partial charge in [-0.15, -0.1) is 0 Å². The van der Waals surface area contributed by atoms with Crippen LogP contribution in [0.1, 0.15) is 34.0 Å². The van der Waals surface area contributed by atoms with Crippen LogP contribution in [0.25, 0.3) is 0 Å². The third-order valence-corrected chi connectivity index (χ3v) is 4.07. The summed E-state index contributed by atoms with van der Waals surface area (Å²) in [5, 5.41) is 6.02. The molecule has 0 radical (unpaired) electrons. The van der Waals surface area contributed by atoms with E-state index in [9.17, 15) is 4.79 Å². The molecule has 132 valence electrons. The second-order valence-electron chi connectivity index (χ2n) is 6.14. The molecular formula is C21H22N4O. The molecule has 2 aromatic carbocycles. The van der Waals surface area contributed by atoms with Crippen molar-refractivity contribution >= 4 is 17.5 Å². The van der Waals surface area contributed by atoms with Crippen molar-refractivity contribution in [3.63, 3.8) is 0 Å². The van der Waals surface area contributed by atoms with Gasteiger partial charge in [0.15, 0.2) is 0 Å². The maximum atomic E-state index is 12.3. The molecule has 0 aliphatic heterocycles. The number of aromatic nitrogens is 2. The fourth-order valence-electron chi connectivity index (χ4n) is 2.57. The predicted octanol–water partition coefficient (Wildman–Crippen LogP) is 4.21. The Hall–Kier alpha value is -3.21. The van der Waals surface area contributed by atoms with Gasteiger partial charge >= 0.3 is 0 Å². The van der Waals surface area contributed by atoms with Crippen molar-refractivity contribution in [3.8, 4) is 0 Å². The Bertz CT molecular complexity index is 873. The number of anilines is 2. The molecule has 0 atom stereocenters. The molecule has 0 bridgehead atoms. The number of carbonyl (C=O) groups excluding carboxylic acids is 1. The molecule has 1 aromatic heterocycles. The molecule has 5 heteroatoms. The molecule has 5 nitrogen and oxygen atoms in total. The van der Waals surface area contributed by atoms with Gasteiger partial charge in [0.05, 0.1) is 5.56 Å². The highest BCUT2D eigenvalue weighted by atomic mass is 16.1. The third kappa shape index (κ3) is 4.66. The Balaban J connectivity index is 1.58. The fraction of sp³-hybridized carbons (Fsp3) is 0.190. The van der Waals surface area contributed by atoms with E-state index < -0.39 is 0 Å². The molecule has 0 unspecified atom stereocenters. The van der Waals surface area contributed by atoms with Crippen molar-refractivity contribution in [2.75, 3.05) is 10.6 Å². The summed E-state index contributed by atoms with van der Waals surface area (Å²) in [4.78, 5) is 20.7.